The largest absolute Gasteiger partial charge is 0.368 e. The van der Waals surface area contributed by atoms with Gasteiger partial charge in [0.05, 0.1) is 11.6 Å². The van der Waals surface area contributed by atoms with Gasteiger partial charge in [0.15, 0.2) is 0 Å². The normalized spacial score (nSPS) is 16.4. The number of rotatable bonds is 4. The molecule has 1 aromatic heterocycles. The smallest absolute Gasteiger partial charge is 0.239 e. The fraction of sp³-hybridized carbons (Fsp3) is 0.278. The number of hydrogen-bond donors (Lipinski definition) is 1. The molecule has 1 saturated heterocycles. The molecule has 1 amide bonds. The van der Waals surface area contributed by atoms with Gasteiger partial charge in [0.1, 0.15) is 11.9 Å². The molecular formula is C18H19N5O. The lowest BCUT2D eigenvalue weighted by Gasteiger charge is -2.38. The number of aromatic nitrogens is 1. The first kappa shape index (κ1) is 16.0. The summed E-state index contributed by atoms with van der Waals surface area (Å²) >= 11 is 0. The van der Waals surface area contributed by atoms with E-state index in [1.807, 2.05) is 30.3 Å². The number of primary amides is 1. The molecule has 122 valence electrons. The number of piperazine rings is 1. The number of carbonyl (C=O) groups is 1. The molecule has 2 heterocycles. The molecule has 0 radical (unpaired) electrons. The Kier molecular flexibility index (Phi) is 4.73. The molecule has 1 unspecified atom stereocenters. The van der Waals surface area contributed by atoms with E-state index in [4.69, 9.17) is 11.0 Å². The lowest BCUT2D eigenvalue weighted by molar-refractivity contribution is -0.123. The van der Waals surface area contributed by atoms with E-state index in [-0.39, 0.29) is 5.91 Å². The van der Waals surface area contributed by atoms with Crippen LogP contribution in [0.5, 0.6) is 0 Å². The summed E-state index contributed by atoms with van der Waals surface area (Å²) in [5.41, 5.74) is 7.16. The van der Waals surface area contributed by atoms with Crippen molar-refractivity contribution in [2.75, 3.05) is 31.1 Å². The first-order valence-electron chi connectivity index (χ1n) is 7.88. The first-order valence-corrected chi connectivity index (χ1v) is 7.88. The van der Waals surface area contributed by atoms with Gasteiger partial charge < -0.3 is 10.6 Å². The molecule has 0 saturated carbocycles. The molecule has 0 bridgehead atoms. The second-order valence-corrected chi connectivity index (χ2v) is 5.75. The number of benzene rings is 1. The van der Waals surface area contributed by atoms with Crippen LogP contribution in [0.25, 0.3) is 0 Å². The molecular weight excluding hydrogens is 302 g/mol. The number of nitriles is 1. The molecule has 0 spiro atoms. The van der Waals surface area contributed by atoms with Gasteiger partial charge in [0, 0.05) is 32.4 Å². The molecule has 6 heteroatoms. The van der Waals surface area contributed by atoms with Crippen LogP contribution < -0.4 is 10.6 Å². The molecule has 2 N–H and O–H groups in total. The second kappa shape index (κ2) is 7.11. The molecule has 0 aliphatic carbocycles. The van der Waals surface area contributed by atoms with E-state index in [1.54, 1.807) is 18.3 Å². The molecule has 24 heavy (non-hydrogen) atoms. The van der Waals surface area contributed by atoms with Crippen molar-refractivity contribution in [2.24, 2.45) is 5.73 Å². The number of nitrogens with two attached hydrogens (primary N) is 1. The van der Waals surface area contributed by atoms with E-state index in [0.717, 1.165) is 24.5 Å². The van der Waals surface area contributed by atoms with E-state index >= 15 is 0 Å². The number of pyridine rings is 1. The first-order chi connectivity index (χ1) is 11.7. The third kappa shape index (κ3) is 3.36. The molecule has 1 aliphatic heterocycles. The maximum absolute atomic E-state index is 12.0. The van der Waals surface area contributed by atoms with Crippen molar-refractivity contribution >= 4 is 11.7 Å². The van der Waals surface area contributed by atoms with Crippen LogP contribution in [0.4, 0.5) is 5.82 Å². The van der Waals surface area contributed by atoms with Crippen molar-refractivity contribution in [2.45, 2.75) is 6.04 Å². The van der Waals surface area contributed by atoms with Crippen molar-refractivity contribution in [3.63, 3.8) is 0 Å². The van der Waals surface area contributed by atoms with Gasteiger partial charge in [0.2, 0.25) is 5.91 Å². The zero-order chi connectivity index (χ0) is 16.9. The van der Waals surface area contributed by atoms with Gasteiger partial charge in [0.25, 0.3) is 0 Å². The van der Waals surface area contributed by atoms with E-state index in [0.29, 0.717) is 18.7 Å². The Balaban J connectivity index is 1.71. The van der Waals surface area contributed by atoms with Gasteiger partial charge in [-0.2, -0.15) is 5.26 Å². The van der Waals surface area contributed by atoms with Crippen molar-refractivity contribution in [3.05, 3.63) is 59.8 Å². The minimum atomic E-state index is -0.410. The molecule has 1 atom stereocenters. The van der Waals surface area contributed by atoms with E-state index in [9.17, 15) is 4.79 Å². The van der Waals surface area contributed by atoms with Crippen LogP contribution >= 0.6 is 0 Å². The Hall–Kier alpha value is -2.91. The molecule has 1 aliphatic rings. The molecule has 1 aromatic carbocycles. The summed E-state index contributed by atoms with van der Waals surface area (Å²) in [5, 5.41) is 9.01. The monoisotopic (exact) mass is 321 g/mol. The highest BCUT2D eigenvalue weighted by Crippen LogP contribution is 2.23. The van der Waals surface area contributed by atoms with Gasteiger partial charge in [-0.1, -0.05) is 30.3 Å². The summed E-state index contributed by atoms with van der Waals surface area (Å²) in [4.78, 5) is 20.5. The Morgan fingerprint density at radius 1 is 1.17 bits per heavy atom. The van der Waals surface area contributed by atoms with Crippen LogP contribution in [0.1, 0.15) is 17.2 Å². The van der Waals surface area contributed by atoms with Crippen molar-refractivity contribution < 1.29 is 4.79 Å². The number of anilines is 1. The Labute approximate surface area is 141 Å². The summed E-state index contributed by atoms with van der Waals surface area (Å²) in [5.74, 6) is 0.461. The zero-order valence-corrected chi connectivity index (χ0v) is 13.3. The fourth-order valence-corrected chi connectivity index (χ4v) is 3.06. The highest BCUT2D eigenvalue weighted by atomic mass is 16.1. The average Bonchev–Trinajstić information content (AvgIpc) is 2.63. The van der Waals surface area contributed by atoms with E-state index in [2.05, 4.69) is 20.9 Å². The Morgan fingerprint density at radius 2 is 1.88 bits per heavy atom. The van der Waals surface area contributed by atoms with Gasteiger partial charge in [-0.3, -0.25) is 9.69 Å². The predicted octanol–water partition coefficient (Wildman–Crippen LogP) is 1.30. The lowest BCUT2D eigenvalue weighted by Crippen LogP contribution is -2.50. The summed E-state index contributed by atoms with van der Waals surface area (Å²) in [6.45, 7) is 2.89. The molecule has 3 rings (SSSR count). The third-order valence-electron chi connectivity index (χ3n) is 4.26. The maximum Gasteiger partial charge on any atom is 0.239 e. The van der Waals surface area contributed by atoms with Crippen LogP contribution in [0, 0.1) is 11.3 Å². The van der Waals surface area contributed by atoms with Crippen LogP contribution in [-0.2, 0) is 4.79 Å². The number of amides is 1. The van der Waals surface area contributed by atoms with Crippen LogP contribution in [0.2, 0.25) is 0 Å². The average molecular weight is 321 g/mol. The molecule has 6 nitrogen and oxygen atoms in total. The number of carbonyl (C=O) groups excluding carboxylic acids is 1. The Morgan fingerprint density at radius 3 is 2.50 bits per heavy atom. The highest BCUT2D eigenvalue weighted by Gasteiger charge is 2.29. The van der Waals surface area contributed by atoms with Crippen LogP contribution in [0.3, 0.4) is 0 Å². The third-order valence-corrected chi connectivity index (χ3v) is 4.26. The lowest BCUT2D eigenvalue weighted by atomic mass is 10.0. The van der Waals surface area contributed by atoms with Gasteiger partial charge in [-0.15, -0.1) is 0 Å². The fourth-order valence-electron chi connectivity index (χ4n) is 3.06. The predicted molar refractivity (Wildman–Crippen MR) is 91.1 cm³/mol. The van der Waals surface area contributed by atoms with Gasteiger partial charge >= 0.3 is 0 Å². The zero-order valence-electron chi connectivity index (χ0n) is 13.3. The summed E-state index contributed by atoms with van der Waals surface area (Å²) < 4.78 is 0. The molecule has 1 fully saturated rings. The van der Waals surface area contributed by atoms with Gasteiger partial charge in [-0.25, -0.2) is 4.98 Å². The second-order valence-electron chi connectivity index (χ2n) is 5.75. The summed E-state index contributed by atoms with van der Waals surface area (Å²) in [6.07, 6.45) is 1.65. The number of hydrogen-bond acceptors (Lipinski definition) is 5. The van der Waals surface area contributed by atoms with Crippen LogP contribution in [-0.4, -0.2) is 42.0 Å². The molecule has 2 aromatic rings. The minimum Gasteiger partial charge on any atom is -0.368 e. The van der Waals surface area contributed by atoms with Crippen LogP contribution in [0.15, 0.2) is 48.7 Å². The highest BCUT2D eigenvalue weighted by molar-refractivity contribution is 5.81. The maximum atomic E-state index is 12.0. The minimum absolute atomic E-state index is 0.334. The Bertz CT molecular complexity index is 748. The topological polar surface area (TPSA) is 86.2 Å². The summed E-state index contributed by atoms with van der Waals surface area (Å²) in [7, 11) is 0. The van der Waals surface area contributed by atoms with Gasteiger partial charge in [-0.05, 0) is 17.7 Å². The van der Waals surface area contributed by atoms with Crippen molar-refractivity contribution in [1.29, 1.82) is 5.26 Å². The van der Waals surface area contributed by atoms with Crippen molar-refractivity contribution in [1.82, 2.24) is 9.88 Å². The standard InChI is InChI=1S/C18H19N5O/c19-13-14-6-7-21-16(12-14)22-8-10-23(11-9-22)17(18(20)24)15-4-2-1-3-5-15/h1-7,12,17H,8-11H2,(H2,20,24). The summed E-state index contributed by atoms with van der Waals surface area (Å²) in [6, 6.07) is 14.8. The van der Waals surface area contributed by atoms with E-state index < -0.39 is 6.04 Å². The van der Waals surface area contributed by atoms with Crippen molar-refractivity contribution in [3.8, 4) is 6.07 Å². The quantitative estimate of drug-likeness (QED) is 0.917. The number of nitrogens with zero attached hydrogens (tertiary/aromatic N) is 4. The SMILES string of the molecule is N#Cc1ccnc(N2CCN(C(C(N)=O)c3ccccc3)CC2)c1. The van der Waals surface area contributed by atoms with E-state index in [1.165, 1.54) is 0 Å².